The van der Waals surface area contributed by atoms with E-state index in [0.717, 1.165) is 43.5 Å². The van der Waals surface area contributed by atoms with Crippen LogP contribution < -0.4 is 4.74 Å². The summed E-state index contributed by atoms with van der Waals surface area (Å²) >= 11 is 0. The first-order chi connectivity index (χ1) is 11.8. The van der Waals surface area contributed by atoms with Crippen LogP contribution in [-0.2, 0) is 12.8 Å². The topological polar surface area (TPSA) is 29.5 Å². The number of rotatable bonds is 3. The van der Waals surface area contributed by atoms with Gasteiger partial charge in [0.05, 0.1) is 13.2 Å². The predicted octanol–water partition coefficient (Wildman–Crippen LogP) is 4.16. The summed E-state index contributed by atoms with van der Waals surface area (Å²) < 4.78 is 5.24. The number of methoxy groups -OCH3 is 1. The molecule has 4 rings (SSSR count). The number of ether oxygens (including phenoxy) is 1. The van der Waals surface area contributed by atoms with E-state index in [1.165, 1.54) is 23.1 Å². The van der Waals surface area contributed by atoms with Crippen molar-refractivity contribution in [2.75, 3.05) is 13.7 Å². The lowest BCUT2D eigenvalue weighted by Crippen LogP contribution is -2.30. The Labute approximate surface area is 143 Å². The summed E-state index contributed by atoms with van der Waals surface area (Å²) in [6.45, 7) is 0.840. The molecule has 0 saturated carbocycles. The standard InChI is InChI=1S/C21H23NO2/c1-24-19-11-9-16(10-12-19)20-6-3-13-22(20)21(23)18-8-7-15-4-2-5-17(15)14-18/h7-12,14,20H,2-6,13H2,1H3. The molecule has 0 aromatic heterocycles. The van der Waals surface area contributed by atoms with Gasteiger partial charge in [-0.3, -0.25) is 4.79 Å². The summed E-state index contributed by atoms with van der Waals surface area (Å²) in [5, 5.41) is 0. The summed E-state index contributed by atoms with van der Waals surface area (Å²) in [7, 11) is 1.67. The van der Waals surface area contributed by atoms with E-state index in [-0.39, 0.29) is 11.9 Å². The summed E-state index contributed by atoms with van der Waals surface area (Å²) in [5.41, 5.74) is 4.82. The Balaban J connectivity index is 1.58. The summed E-state index contributed by atoms with van der Waals surface area (Å²) in [5.74, 6) is 1.02. The van der Waals surface area contributed by atoms with Gasteiger partial charge in [-0.15, -0.1) is 0 Å². The molecule has 1 unspecified atom stereocenters. The number of benzene rings is 2. The molecule has 24 heavy (non-hydrogen) atoms. The first kappa shape index (κ1) is 15.3. The molecule has 1 amide bonds. The number of aryl methyl sites for hydroxylation is 2. The van der Waals surface area contributed by atoms with Crippen LogP contribution in [0.3, 0.4) is 0 Å². The molecule has 3 nitrogen and oxygen atoms in total. The number of likely N-dealkylation sites (tertiary alicyclic amines) is 1. The highest BCUT2D eigenvalue weighted by Gasteiger charge is 2.31. The summed E-state index contributed by atoms with van der Waals surface area (Å²) in [6.07, 6.45) is 5.57. The molecular weight excluding hydrogens is 298 g/mol. The van der Waals surface area contributed by atoms with E-state index in [2.05, 4.69) is 24.3 Å². The first-order valence-corrected chi connectivity index (χ1v) is 8.83. The molecule has 3 heteroatoms. The number of carbonyl (C=O) groups excluding carboxylic acids is 1. The van der Waals surface area contributed by atoms with E-state index in [9.17, 15) is 4.79 Å². The molecule has 0 radical (unpaired) electrons. The second-order valence-corrected chi connectivity index (χ2v) is 6.77. The van der Waals surface area contributed by atoms with E-state index >= 15 is 0 Å². The third kappa shape index (κ3) is 2.68. The second-order valence-electron chi connectivity index (χ2n) is 6.77. The lowest BCUT2D eigenvalue weighted by molar-refractivity contribution is 0.0735. The van der Waals surface area contributed by atoms with Gasteiger partial charge in [-0.2, -0.15) is 0 Å². The number of carbonyl (C=O) groups is 1. The molecular formula is C21H23NO2. The molecule has 1 atom stereocenters. The second kappa shape index (κ2) is 6.31. The van der Waals surface area contributed by atoms with Gasteiger partial charge in [0.15, 0.2) is 0 Å². The normalized spacial score (nSPS) is 19.4. The van der Waals surface area contributed by atoms with Crippen LogP contribution in [0, 0.1) is 0 Å². The molecule has 1 fully saturated rings. The molecule has 1 aliphatic carbocycles. The number of fused-ring (bicyclic) bond motifs is 1. The van der Waals surface area contributed by atoms with Gasteiger partial charge in [0.1, 0.15) is 5.75 Å². The lowest BCUT2D eigenvalue weighted by atomic mass is 10.0. The molecule has 0 bridgehead atoms. The Morgan fingerprint density at radius 2 is 1.83 bits per heavy atom. The van der Waals surface area contributed by atoms with Crippen molar-refractivity contribution in [1.29, 1.82) is 0 Å². The maximum absolute atomic E-state index is 13.1. The van der Waals surface area contributed by atoms with Crippen LogP contribution in [0.4, 0.5) is 0 Å². The largest absolute Gasteiger partial charge is 0.497 e. The van der Waals surface area contributed by atoms with Gasteiger partial charge in [0, 0.05) is 12.1 Å². The van der Waals surface area contributed by atoms with Crippen LogP contribution >= 0.6 is 0 Å². The Hall–Kier alpha value is -2.29. The van der Waals surface area contributed by atoms with E-state index in [4.69, 9.17) is 4.74 Å². The molecule has 124 valence electrons. The van der Waals surface area contributed by atoms with E-state index in [1.807, 2.05) is 23.1 Å². The molecule has 1 heterocycles. The molecule has 1 aliphatic heterocycles. The highest BCUT2D eigenvalue weighted by molar-refractivity contribution is 5.95. The minimum Gasteiger partial charge on any atom is -0.497 e. The van der Waals surface area contributed by atoms with Crippen molar-refractivity contribution in [3.63, 3.8) is 0 Å². The van der Waals surface area contributed by atoms with Crippen molar-refractivity contribution in [3.8, 4) is 5.75 Å². The average Bonchev–Trinajstić information content (AvgIpc) is 3.29. The van der Waals surface area contributed by atoms with Crippen molar-refractivity contribution >= 4 is 5.91 Å². The van der Waals surface area contributed by atoms with Crippen LogP contribution in [0.1, 0.15) is 52.4 Å². The monoisotopic (exact) mass is 321 g/mol. The molecule has 0 spiro atoms. The third-order valence-electron chi connectivity index (χ3n) is 5.36. The van der Waals surface area contributed by atoms with Gasteiger partial charge in [-0.25, -0.2) is 0 Å². The third-order valence-corrected chi connectivity index (χ3v) is 5.36. The van der Waals surface area contributed by atoms with Crippen molar-refractivity contribution in [2.45, 2.75) is 38.1 Å². The van der Waals surface area contributed by atoms with Crippen LogP contribution in [0.15, 0.2) is 42.5 Å². The highest BCUT2D eigenvalue weighted by Crippen LogP contribution is 2.34. The quantitative estimate of drug-likeness (QED) is 0.849. The molecule has 1 saturated heterocycles. The van der Waals surface area contributed by atoms with E-state index < -0.39 is 0 Å². The van der Waals surface area contributed by atoms with Gasteiger partial charge < -0.3 is 9.64 Å². The Bertz CT molecular complexity index is 751. The maximum Gasteiger partial charge on any atom is 0.254 e. The first-order valence-electron chi connectivity index (χ1n) is 8.83. The van der Waals surface area contributed by atoms with Crippen molar-refractivity contribution in [3.05, 3.63) is 64.7 Å². The highest BCUT2D eigenvalue weighted by atomic mass is 16.5. The minimum atomic E-state index is 0.169. The maximum atomic E-state index is 13.1. The lowest BCUT2D eigenvalue weighted by Gasteiger charge is -2.25. The molecule has 2 aliphatic rings. The zero-order chi connectivity index (χ0) is 16.5. The van der Waals surface area contributed by atoms with E-state index in [0.29, 0.717) is 0 Å². The Morgan fingerprint density at radius 3 is 2.62 bits per heavy atom. The fourth-order valence-electron chi connectivity index (χ4n) is 4.05. The van der Waals surface area contributed by atoms with Crippen LogP contribution in [0.25, 0.3) is 0 Å². The van der Waals surface area contributed by atoms with Gasteiger partial charge >= 0.3 is 0 Å². The minimum absolute atomic E-state index is 0.169. The molecule has 2 aromatic rings. The van der Waals surface area contributed by atoms with Crippen molar-refractivity contribution in [1.82, 2.24) is 4.90 Å². The SMILES string of the molecule is COc1ccc(C2CCCN2C(=O)c2ccc3c(c2)CCC3)cc1. The number of amides is 1. The van der Waals surface area contributed by atoms with Crippen molar-refractivity contribution in [2.24, 2.45) is 0 Å². The van der Waals surface area contributed by atoms with Gasteiger partial charge in [-0.05, 0) is 73.1 Å². The number of hydrogen-bond donors (Lipinski definition) is 0. The van der Waals surface area contributed by atoms with Gasteiger partial charge in [-0.1, -0.05) is 18.2 Å². The summed E-state index contributed by atoms with van der Waals surface area (Å²) in [4.78, 5) is 15.1. The molecule has 0 N–H and O–H groups in total. The van der Waals surface area contributed by atoms with E-state index in [1.54, 1.807) is 7.11 Å². The van der Waals surface area contributed by atoms with Crippen molar-refractivity contribution < 1.29 is 9.53 Å². The molecule has 2 aromatic carbocycles. The summed E-state index contributed by atoms with van der Waals surface area (Å²) in [6, 6.07) is 14.6. The number of nitrogens with zero attached hydrogens (tertiary/aromatic N) is 1. The predicted molar refractivity (Wildman–Crippen MR) is 94.5 cm³/mol. The fourth-order valence-corrected chi connectivity index (χ4v) is 4.05. The zero-order valence-corrected chi connectivity index (χ0v) is 14.1. The Kier molecular flexibility index (Phi) is 4.01. The van der Waals surface area contributed by atoms with Gasteiger partial charge in [0.2, 0.25) is 0 Å². The smallest absolute Gasteiger partial charge is 0.254 e. The average molecular weight is 321 g/mol. The van der Waals surface area contributed by atoms with Gasteiger partial charge in [0.25, 0.3) is 5.91 Å². The van der Waals surface area contributed by atoms with Crippen LogP contribution in [0.2, 0.25) is 0 Å². The Morgan fingerprint density at radius 1 is 1.04 bits per heavy atom. The fraction of sp³-hybridized carbons (Fsp3) is 0.381. The zero-order valence-electron chi connectivity index (χ0n) is 14.1. The van der Waals surface area contributed by atoms with Crippen LogP contribution in [0.5, 0.6) is 5.75 Å². The number of hydrogen-bond acceptors (Lipinski definition) is 2. The van der Waals surface area contributed by atoms with Crippen LogP contribution in [-0.4, -0.2) is 24.5 Å².